The largest absolute Gasteiger partial charge is 0.384 e. The van der Waals surface area contributed by atoms with Crippen LogP contribution in [0.3, 0.4) is 0 Å². The summed E-state index contributed by atoms with van der Waals surface area (Å²) < 4.78 is 1.89. The molecule has 120 valence electrons. The Morgan fingerprint density at radius 1 is 1.25 bits per heavy atom. The van der Waals surface area contributed by atoms with Gasteiger partial charge in [0.15, 0.2) is 0 Å². The number of allylic oxidation sites excluding steroid dienone is 1. The van der Waals surface area contributed by atoms with E-state index in [4.69, 9.17) is 5.73 Å². The lowest BCUT2D eigenvalue weighted by molar-refractivity contribution is 0.638. The van der Waals surface area contributed by atoms with Gasteiger partial charge in [0.25, 0.3) is 0 Å². The molecule has 24 heavy (non-hydrogen) atoms. The Hall–Kier alpha value is -3.15. The second-order valence-electron chi connectivity index (χ2n) is 5.70. The van der Waals surface area contributed by atoms with Crippen LogP contribution in [-0.2, 0) is 6.54 Å². The molecule has 3 heterocycles. The van der Waals surface area contributed by atoms with Crippen LogP contribution in [0.25, 0.3) is 16.5 Å². The molecule has 0 saturated carbocycles. The molecule has 4 rings (SSSR count). The molecule has 1 aliphatic rings. The summed E-state index contributed by atoms with van der Waals surface area (Å²) in [6.07, 6.45) is 7.61. The van der Waals surface area contributed by atoms with E-state index >= 15 is 0 Å². The third-order valence-electron chi connectivity index (χ3n) is 4.06. The third-order valence-corrected chi connectivity index (χ3v) is 4.06. The van der Waals surface area contributed by atoms with E-state index in [-0.39, 0.29) is 0 Å². The van der Waals surface area contributed by atoms with Gasteiger partial charge in [-0.15, -0.1) is 0 Å². The number of hydrogen-bond donors (Lipinski definition) is 2. The number of pyridine rings is 1. The lowest BCUT2D eigenvalue weighted by Gasteiger charge is -2.12. The van der Waals surface area contributed by atoms with E-state index in [2.05, 4.69) is 38.6 Å². The molecular formula is C18H18N6. The Labute approximate surface area is 139 Å². The number of benzene rings is 1. The quantitative estimate of drug-likeness (QED) is 0.757. The van der Waals surface area contributed by atoms with Crippen molar-refractivity contribution in [3.8, 4) is 0 Å². The standard InChI is InChI=1S/C18H18N6/c19-18-11-16(21-7-9-24-8-1-5-22-24)15-3-2-13(10-17(15)23-18)14-4-6-20-12-14/h1-6,8,10-11H,7,9,12H2,(H3,19,21,23). The Kier molecular flexibility index (Phi) is 3.70. The van der Waals surface area contributed by atoms with Crippen LogP contribution in [-0.4, -0.2) is 34.1 Å². The highest BCUT2D eigenvalue weighted by atomic mass is 15.3. The van der Waals surface area contributed by atoms with Gasteiger partial charge in [-0.3, -0.25) is 9.67 Å². The van der Waals surface area contributed by atoms with Crippen molar-refractivity contribution in [1.29, 1.82) is 0 Å². The fraction of sp³-hybridized carbons (Fsp3) is 0.167. The Morgan fingerprint density at radius 3 is 3.00 bits per heavy atom. The maximum atomic E-state index is 5.99. The highest BCUT2D eigenvalue weighted by Crippen LogP contribution is 2.28. The number of nitrogens with two attached hydrogens (primary N) is 1. The molecule has 0 fully saturated rings. The number of hydrogen-bond acceptors (Lipinski definition) is 5. The molecule has 1 aliphatic heterocycles. The second-order valence-corrected chi connectivity index (χ2v) is 5.70. The topological polar surface area (TPSA) is 81.1 Å². The fourth-order valence-electron chi connectivity index (χ4n) is 2.87. The summed E-state index contributed by atoms with van der Waals surface area (Å²) in [5.41, 5.74) is 10.2. The summed E-state index contributed by atoms with van der Waals surface area (Å²) in [6.45, 7) is 2.28. The highest BCUT2D eigenvalue weighted by molar-refractivity contribution is 5.96. The Morgan fingerprint density at radius 2 is 2.21 bits per heavy atom. The zero-order chi connectivity index (χ0) is 16.4. The van der Waals surface area contributed by atoms with E-state index in [0.29, 0.717) is 5.82 Å². The monoisotopic (exact) mass is 318 g/mol. The minimum Gasteiger partial charge on any atom is -0.384 e. The van der Waals surface area contributed by atoms with Crippen LogP contribution in [0.5, 0.6) is 0 Å². The van der Waals surface area contributed by atoms with Gasteiger partial charge in [0.05, 0.1) is 18.6 Å². The number of nitrogens with one attached hydrogen (secondary N) is 1. The number of nitrogens with zero attached hydrogens (tertiary/aromatic N) is 4. The molecule has 3 aromatic rings. The van der Waals surface area contributed by atoms with Gasteiger partial charge in [0.2, 0.25) is 0 Å². The average Bonchev–Trinajstić information content (AvgIpc) is 3.28. The van der Waals surface area contributed by atoms with Gasteiger partial charge < -0.3 is 11.1 Å². The number of rotatable bonds is 5. The number of aromatic nitrogens is 3. The normalized spacial score (nSPS) is 13.4. The highest BCUT2D eigenvalue weighted by Gasteiger charge is 2.09. The van der Waals surface area contributed by atoms with Gasteiger partial charge in [-0.2, -0.15) is 5.10 Å². The van der Waals surface area contributed by atoms with Crippen molar-refractivity contribution in [2.45, 2.75) is 6.54 Å². The van der Waals surface area contributed by atoms with Crippen molar-refractivity contribution in [3.63, 3.8) is 0 Å². The van der Waals surface area contributed by atoms with Gasteiger partial charge >= 0.3 is 0 Å². The molecule has 0 atom stereocenters. The van der Waals surface area contributed by atoms with Crippen LogP contribution in [0.4, 0.5) is 11.5 Å². The molecule has 0 radical (unpaired) electrons. The van der Waals surface area contributed by atoms with E-state index in [0.717, 1.165) is 41.8 Å². The van der Waals surface area contributed by atoms with Gasteiger partial charge in [-0.1, -0.05) is 12.1 Å². The lowest BCUT2D eigenvalue weighted by atomic mass is 10.0. The first kappa shape index (κ1) is 14.4. The summed E-state index contributed by atoms with van der Waals surface area (Å²) in [5, 5.41) is 8.70. The summed E-state index contributed by atoms with van der Waals surface area (Å²) in [4.78, 5) is 8.72. The molecule has 3 N–H and O–H groups in total. The lowest BCUT2D eigenvalue weighted by Crippen LogP contribution is -2.11. The predicted molar refractivity (Wildman–Crippen MR) is 98.2 cm³/mol. The zero-order valence-corrected chi connectivity index (χ0v) is 13.2. The summed E-state index contributed by atoms with van der Waals surface area (Å²) >= 11 is 0. The Balaban J connectivity index is 1.60. The smallest absolute Gasteiger partial charge is 0.126 e. The molecule has 6 heteroatoms. The molecule has 1 aromatic carbocycles. The first-order valence-corrected chi connectivity index (χ1v) is 7.90. The summed E-state index contributed by atoms with van der Waals surface area (Å²) in [6, 6.07) is 10.1. The molecule has 0 bridgehead atoms. The SMILES string of the molecule is Nc1cc(NCCn2cccn2)c2ccc(C3=CC=NC3)cc2n1. The van der Waals surface area contributed by atoms with Crippen LogP contribution in [0.2, 0.25) is 0 Å². The first-order valence-electron chi connectivity index (χ1n) is 7.90. The van der Waals surface area contributed by atoms with Gasteiger partial charge in [-0.05, 0) is 29.3 Å². The maximum Gasteiger partial charge on any atom is 0.126 e. The molecule has 0 aliphatic carbocycles. The number of nitrogen functional groups attached to an aromatic ring is 1. The Bertz CT molecular complexity index is 924. The molecule has 6 nitrogen and oxygen atoms in total. The van der Waals surface area contributed by atoms with E-state index < -0.39 is 0 Å². The minimum atomic E-state index is 0.512. The van der Waals surface area contributed by atoms with Crippen LogP contribution >= 0.6 is 0 Å². The molecular weight excluding hydrogens is 300 g/mol. The predicted octanol–water partition coefficient (Wildman–Crippen LogP) is 2.59. The van der Waals surface area contributed by atoms with Crippen molar-refractivity contribution >= 4 is 34.2 Å². The maximum absolute atomic E-state index is 5.99. The van der Waals surface area contributed by atoms with Gasteiger partial charge in [0, 0.05) is 42.3 Å². The number of anilines is 2. The molecule has 0 saturated heterocycles. The molecule has 0 amide bonds. The van der Waals surface area contributed by atoms with Crippen LogP contribution < -0.4 is 11.1 Å². The summed E-state index contributed by atoms with van der Waals surface area (Å²) in [5.74, 6) is 0.512. The van der Waals surface area contributed by atoms with E-state index in [9.17, 15) is 0 Å². The van der Waals surface area contributed by atoms with E-state index in [1.807, 2.05) is 35.3 Å². The third kappa shape index (κ3) is 2.86. The number of aliphatic imine (C=N–C) groups is 1. The van der Waals surface area contributed by atoms with Crippen molar-refractivity contribution in [3.05, 3.63) is 54.4 Å². The molecule has 2 aromatic heterocycles. The van der Waals surface area contributed by atoms with Crippen molar-refractivity contribution < 1.29 is 0 Å². The second kappa shape index (κ2) is 6.16. The average molecular weight is 318 g/mol. The van der Waals surface area contributed by atoms with E-state index in [1.165, 1.54) is 5.57 Å². The minimum absolute atomic E-state index is 0.512. The van der Waals surface area contributed by atoms with Crippen LogP contribution in [0, 0.1) is 0 Å². The van der Waals surface area contributed by atoms with Gasteiger partial charge in [-0.25, -0.2) is 4.98 Å². The number of fused-ring (bicyclic) bond motifs is 1. The fourth-order valence-corrected chi connectivity index (χ4v) is 2.87. The summed E-state index contributed by atoms with van der Waals surface area (Å²) in [7, 11) is 0. The molecule has 0 spiro atoms. The van der Waals surface area contributed by atoms with Crippen molar-refractivity contribution in [2.24, 2.45) is 4.99 Å². The first-order chi connectivity index (χ1) is 11.8. The van der Waals surface area contributed by atoms with Crippen molar-refractivity contribution in [2.75, 3.05) is 24.1 Å². The van der Waals surface area contributed by atoms with Crippen molar-refractivity contribution in [1.82, 2.24) is 14.8 Å². The zero-order valence-electron chi connectivity index (χ0n) is 13.2. The van der Waals surface area contributed by atoms with E-state index in [1.54, 1.807) is 6.20 Å². The van der Waals surface area contributed by atoms with Crippen LogP contribution in [0.15, 0.2) is 53.8 Å². The van der Waals surface area contributed by atoms with Gasteiger partial charge in [0.1, 0.15) is 5.82 Å². The van der Waals surface area contributed by atoms with Crippen LogP contribution in [0.1, 0.15) is 5.56 Å². The molecule has 0 unspecified atom stereocenters.